The van der Waals surface area contributed by atoms with Gasteiger partial charge >= 0.3 is 0 Å². The molecule has 128 valence electrons. The Bertz CT molecular complexity index is 538. The molecule has 0 radical (unpaired) electrons. The van der Waals surface area contributed by atoms with Crippen LogP contribution in [0.1, 0.15) is 27.7 Å². The average molecular weight is 321 g/mol. The van der Waals surface area contributed by atoms with E-state index in [9.17, 15) is 9.59 Å². The zero-order chi connectivity index (χ0) is 17.5. The molecule has 2 N–H and O–H groups in total. The van der Waals surface area contributed by atoms with Crippen molar-refractivity contribution in [1.29, 1.82) is 0 Å². The van der Waals surface area contributed by atoms with Crippen LogP contribution < -0.4 is 15.4 Å². The summed E-state index contributed by atoms with van der Waals surface area (Å²) in [5, 5.41) is 5.70. The summed E-state index contributed by atoms with van der Waals surface area (Å²) in [7, 11) is 1.58. The second-order valence-electron chi connectivity index (χ2n) is 6.38. The fraction of sp³-hybridized carbons (Fsp3) is 0.529. The molecular formula is C17H27N3O3. The smallest absolute Gasteiger partial charge is 0.238 e. The molecule has 0 aliphatic rings. The van der Waals surface area contributed by atoms with Gasteiger partial charge in [-0.2, -0.15) is 0 Å². The predicted octanol–water partition coefficient (Wildman–Crippen LogP) is 1.87. The van der Waals surface area contributed by atoms with E-state index in [0.29, 0.717) is 18.0 Å². The molecule has 0 bridgehead atoms. The Morgan fingerprint density at radius 2 is 1.83 bits per heavy atom. The average Bonchev–Trinajstić information content (AvgIpc) is 2.44. The number of hydrogen-bond donors (Lipinski definition) is 2. The van der Waals surface area contributed by atoms with Crippen LogP contribution in [0.25, 0.3) is 0 Å². The van der Waals surface area contributed by atoms with Crippen molar-refractivity contribution in [3.05, 3.63) is 24.3 Å². The zero-order valence-electron chi connectivity index (χ0n) is 14.6. The van der Waals surface area contributed by atoms with E-state index in [4.69, 9.17) is 4.74 Å². The topological polar surface area (TPSA) is 70.7 Å². The van der Waals surface area contributed by atoms with Gasteiger partial charge in [0.15, 0.2) is 0 Å². The molecule has 0 heterocycles. The van der Waals surface area contributed by atoms with Crippen LogP contribution in [-0.4, -0.2) is 49.0 Å². The Morgan fingerprint density at radius 3 is 2.39 bits per heavy atom. The largest absolute Gasteiger partial charge is 0.497 e. The first-order valence-electron chi connectivity index (χ1n) is 7.70. The van der Waals surface area contributed by atoms with E-state index in [1.165, 1.54) is 0 Å². The minimum atomic E-state index is -0.278. The highest BCUT2D eigenvalue weighted by Crippen LogP contribution is 2.16. The van der Waals surface area contributed by atoms with Crippen LogP contribution in [0.3, 0.4) is 0 Å². The Hall–Kier alpha value is -2.08. The third-order valence-corrected chi connectivity index (χ3v) is 3.05. The van der Waals surface area contributed by atoms with Crippen molar-refractivity contribution < 1.29 is 14.3 Å². The highest BCUT2D eigenvalue weighted by atomic mass is 16.5. The third-order valence-electron chi connectivity index (χ3n) is 3.05. The highest BCUT2D eigenvalue weighted by molar-refractivity contribution is 5.92. The second-order valence-corrected chi connectivity index (χ2v) is 6.38. The van der Waals surface area contributed by atoms with Gasteiger partial charge in [0.25, 0.3) is 0 Å². The summed E-state index contributed by atoms with van der Waals surface area (Å²) in [6.07, 6.45) is 0. The van der Waals surface area contributed by atoms with E-state index < -0.39 is 0 Å². The maximum atomic E-state index is 12.1. The fourth-order valence-electron chi connectivity index (χ4n) is 2.04. The van der Waals surface area contributed by atoms with Gasteiger partial charge in [0, 0.05) is 17.3 Å². The standard InChI is InChI=1S/C17H27N3O3/c1-6-20(12-16(22)19-17(2,3)4)11-15(21)18-13-8-7-9-14(10-13)23-5/h7-10H,6,11-12H2,1-5H3,(H,18,21)(H,19,22). The minimum Gasteiger partial charge on any atom is -0.497 e. The lowest BCUT2D eigenvalue weighted by Gasteiger charge is -2.24. The molecule has 23 heavy (non-hydrogen) atoms. The van der Waals surface area contributed by atoms with E-state index >= 15 is 0 Å². The van der Waals surface area contributed by atoms with Gasteiger partial charge in [-0.15, -0.1) is 0 Å². The van der Waals surface area contributed by atoms with Crippen molar-refractivity contribution in [2.45, 2.75) is 33.2 Å². The van der Waals surface area contributed by atoms with Crippen molar-refractivity contribution in [2.24, 2.45) is 0 Å². The first-order chi connectivity index (χ1) is 10.7. The first-order valence-corrected chi connectivity index (χ1v) is 7.70. The summed E-state index contributed by atoms with van der Waals surface area (Å²) >= 11 is 0. The Morgan fingerprint density at radius 1 is 1.17 bits per heavy atom. The maximum absolute atomic E-state index is 12.1. The van der Waals surface area contributed by atoms with Crippen LogP contribution in [0.4, 0.5) is 5.69 Å². The minimum absolute atomic E-state index is 0.0893. The summed E-state index contributed by atoms with van der Waals surface area (Å²) in [5.41, 5.74) is 0.392. The number of nitrogens with zero attached hydrogens (tertiary/aromatic N) is 1. The van der Waals surface area contributed by atoms with Gasteiger partial charge < -0.3 is 15.4 Å². The number of benzene rings is 1. The highest BCUT2D eigenvalue weighted by Gasteiger charge is 2.17. The van der Waals surface area contributed by atoms with Crippen LogP contribution in [0.15, 0.2) is 24.3 Å². The lowest BCUT2D eigenvalue weighted by atomic mass is 10.1. The Kier molecular flexibility index (Phi) is 7.03. The lowest BCUT2D eigenvalue weighted by molar-refractivity contribution is -0.124. The molecule has 2 amide bonds. The van der Waals surface area contributed by atoms with Crippen LogP contribution in [-0.2, 0) is 9.59 Å². The molecule has 0 saturated carbocycles. The van der Waals surface area contributed by atoms with Crippen LogP contribution >= 0.6 is 0 Å². The molecule has 0 unspecified atom stereocenters. The van der Waals surface area contributed by atoms with E-state index in [-0.39, 0.29) is 30.4 Å². The third kappa shape index (κ3) is 7.65. The monoisotopic (exact) mass is 321 g/mol. The summed E-state index contributed by atoms with van der Waals surface area (Å²) < 4.78 is 5.12. The number of amides is 2. The summed E-state index contributed by atoms with van der Waals surface area (Å²) in [6, 6.07) is 7.16. The maximum Gasteiger partial charge on any atom is 0.238 e. The normalized spacial score (nSPS) is 11.2. The quantitative estimate of drug-likeness (QED) is 0.804. The predicted molar refractivity (Wildman–Crippen MR) is 91.6 cm³/mol. The van der Waals surface area contributed by atoms with Gasteiger partial charge in [-0.25, -0.2) is 0 Å². The van der Waals surface area contributed by atoms with Crippen molar-refractivity contribution >= 4 is 17.5 Å². The first kappa shape index (κ1) is 19.0. The second kappa shape index (κ2) is 8.53. The van der Waals surface area contributed by atoms with Gasteiger partial charge in [-0.05, 0) is 39.4 Å². The van der Waals surface area contributed by atoms with Gasteiger partial charge in [-0.3, -0.25) is 14.5 Å². The van der Waals surface area contributed by atoms with E-state index in [1.807, 2.05) is 39.8 Å². The molecule has 1 aromatic rings. The van der Waals surface area contributed by atoms with Gasteiger partial charge in [0.05, 0.1) is 20.2 Å². The number of likely N-dealkylation sites (N-methyl/N-ethyl adjacent to an activating group) is 1. The number of ether oxygens (including phenoxy) is 1. The molecule has 0 atom stereocenters. The van der Waals surface area contributed by atoms with Gasteiger partial charge in [0.2, 0.25) is 11.8 Å². The van der Waals surface area contributed by atoms with Crippen molar-refractivity contribution in [2.75, 3.05) is 32.1 Å². The van der Waals surface area contributed by atoms with Crippen molar-refractivity contribution in [1.82, 2.24) is 10.2 Å². The molecule has 1 aromatic carbocycles. The number of rotatable bonds is 7. The lowest BCUT2D eigenvalue weighted by Crippen LogP contribution is -2.47. The molecular weight excluding hydrogens is 294 g/mol. The summed E-state index contributed by atoms with van der Waals surface area (Å²) in [4.78, 5) is 25.9. The van der Waals surface area contributed by atoms with Gasteiger partial charge in [0.1, 0.15) is 5.75 Å². The molecule has 1 rings (SSSR count). The van der Waals surface area contributed by atoms with Crippen molar-refractivity contribution in [3.63, 3.8) is 0 Å². The molecule has 0 fully saturated rings. The van der Waals surface area contributed by atoms with Gasteiger partial charge in [-0.1, -0.05) is 13.0 Å². The Labute approximate surface area is 138 Å². The van der Waals surface area contributed by atoms with Crippen LogP contribution in [0.5, 0.6) is 5.75 Å². The summed E-state index contributed by atoms with van der Waals surface area (Å²) in [6.45, 7) is 8.67. The van der Waals surface area contributed by atoms with Crippen LogP contribution in [0, 0.1) is 0 Å². The molecule has 6 nitrogen and oxygen atoms in total. The molecule has 0 spiro atoms. The number of methoxy groups -OCH3 is 1. The number of hydrogen-bond acceptors (Lipinski definition) is 4. The van der Waals surface area contributed by atoms with E-state index in [0.717, 1.165) is 0 Å². The molecule has 0 aliphatic heterocycles. The van der Waals surface area contributed by atoms with Crippen LogP contribution in [0.2, 0.25) is 0 Å². The molecule has 0 saturated heterocycles. The SMILES string of the molecule is CCN(CC(=O)Nc1cccc(OC)c1)CC(=O)NC(C)(C)C. The number of carbonyl (C=O) groups is 2. The molecule has 0 aliphatic carbocycles. The van der Waals surface area contributed by atoms with E-state index in [2.05, 4.69) is 10.6 Å². The molecule has 0 aromatic heterocycles. The Balaban J connectivity index is 2.54. The number of carbonyl (C=O) groups excluding carboxylic acids is 2. The fourth-order valence-corrected chi connectivity index (χ4v) is 2.04. The van der Waals surface area contributed by atoms with Crippen molar-refractivity contribution in [3.8, 4) is 5.75 Å². The number of nitrogens with one attached hydrogen (secondary N) is 2. The van der Waals surface area contributed by atoms with E-state index in [1.54, 1.807) is 24.1 Å². The molecule has 6 heteroatoms. The summed E-state index contributed by atoms with van der Waals surface area (Å²) in [5.74, 6) is 0.428. The number of anilines is 1. The zero-order valence-corrected chi connectivity index (χ0v) is 14.6.